The Morgan fingerprint density at radius 3 is 2.32 bits per heavy atom. The topological polar surface area (TPSA) is 90.4 Å². The molecule has 1 saturated heterocycles. The number of ketones is 1. The van der Waals surface area contributed by atoms with E-state index in [0.29, 0.717) is 17.5 Å². The Kier molecular flexibility index (Phi) is 7.24. The van der Waals surface area contributed by atoms with Gasteiger partial charge in [-0.05, 0) is 122 Å². The van der Waals surface area contributed by atoms with Crippen molar-refractivity contribution in [3.63, 3.8) is 0 Å². The van der Waals surface area contributed by atoms with Crippen molar-refractivity contribution >= 4 is 44.9 Å². The molecular formula is C37H34N4O3. The molecule has 1 aliphatic rings. The smallest absolute Gasteiger partial charge is 0.255 e. The average molecular weight is 583 g/mol. The number of benzene rings is 4. The van der Waals surface area contributed by atoms with E-state index in [1.807, 2.05) is 98.0 Å². The number of piperidine rings is 1. The van der Waals surface area contributed by atoms with Crippen molar-refractivity contribution in [2.75, 3.05) is 23.3 Å². The molecule has 1 aliphatic heterocycles. The monoisotopic (exact) mass is 582 g/mol. The lowest BCUT2D eigenvalue weighted by Gasteiger charge is -2.31. The molecule has 2 aromatic heterocycles. The third-order valence-corrected chi connectivity index (χ3v) is 8.56. The summed E-state index contributed by atoms with van der Waals surface area (Å²) in [7, 11) is 0. The highest BCUT2D eigenvalue weighted by Crippen LogP contribution is 2.26. The third kappa shape index (κ3) is 5.62. The molecule has 0 radical (unpaired) electrons. The fourth-order valence-corrected chi connectivity index (χ4v) is 6.13. The Morgan fingerprint density at radius 1 is 0.818 bits per heavy atom. The van der Waals surface area contributed by atoms with Crippen molar-refractivity contribution in [1.82, 2.24) is 9.55 Å². The van der Waals surface area contributed by atoms with E-state index >= 15 is 0 Å². The highest BCUT2D eigenvalue weighted by Gasteiger charge is 2.18. The van der Waals surface area contributed by atoms with Gasteiger partial charge in [-0.1, -0.05) is 6.07 Å². The van der Waals surface area contributed by atoms with Gasteiger partial charge >= 0.3 is 0 Å². The van der Waals surface area contributed by atoms with Crippen LogP contribution in [0.25, 0.3) is 27.5 Å². The molecule has 1 amide bonds. The van der Waals surface area contributed by atoms with Crippen LogP contribution >= 0.6 is 0 Å². The standard InChI is InChI=1S/C37H34N4O3/c1-24-20-29-21-25(2-12-34(29)38-24)22-36(43)26-3-10-32(11-4-26)41-19-14-28-23-30(7-13-35(28)41)39-37(44)27-5-8-31(9-6-27)40-17-15-33(42)16-18-40/h2-14,19-21,23,33,38,42H,15-18,22H2,1H3,(H,39,44). The molecule has 3 N–H and O–H groups in total. The zero-order chi connectivity index (χ0) is 30.2. The van der Waals surface area contributed by atoms with Crippen molar-refractivity contribution in [3.05, 3.63) is 126 Å². The highest BCUT2D eigenvalue weighted by molar-refractivity contribution is 6.05. The van der Waals surface area contributed by atoms with Crippen LogP contribution in [0.3, 0.4) is 0 Å². The number of amides is 1. The maximum absolute atomic E-state index is 13.0. The summed E-state index contributed by atoms with van der Waals surface area (Å²) in [5.74, 6) is -0.0744. The normalized spacial score (nSPS) is 13.9. The molecule has 7 nitrogen and oxygen atoms in total. The van der Waals surface area contributed by atoms with Crippen LogP contribution in [0.4, 0.5) is 11.4 Å². The number of aromatic amines is 1. The second-order valence-corrected chi connectivity index (χ2v) is 11.7. The number of aliphatic hydroxyl groups is 1. The number of hydrogen-bond acceptors (Lipinski definition) is 4. The zero-order valence-corrected chi connectivity index (χ0v) is 24.6. The number of nitrogens with zero attached hydrogens (tertiary/aromatic N) is 2. The Morgan fingerprint density at radius 2 is 1.55 bits per heavy atom. The predicted molar refractivity (Wildman–Crippen MR) is 176 cm³/mol. The van der Waals surface area contributed by atoms with E-state index in [0.717, 1.165) is 76.1 Å². The van der Waals surface area contributed by atoms with Gasteiger partial charge in [0.25, 0.3) is 5.91 Å². The van der Waals surface area contributed by atoms with E-state index in [1.165, 1.54) is 0 Å². The number of aromatic nitrogens is 2. The van der Waals surface area contributed by atoms with Gasteiger partial charge in [-0.2, -0.15) is 0 Å². The van der Waals surface area contributed by atoms with Gasteiger partial charge in [-0.3, -0.25) is 9.59 Å². The number of rotatable bonds is 7. The largest absolute Gasteiger partial charge is 0.393 e. The summed E-state index contributed by atoms with van der Waals surface area (Å²) in [6, 6.07) is 31.5. The van der Waals surface area contributed by atoms with E-state index in [2.05, 4.69) is 31.9 Å². The summed E-state index contributed by atoms with van der Waals surface area (Å²) in [6.45, 7) is 3.67. The first-order chi connectivity index (χ1) is 21.4. The van der Waals surface area contributed by atoms with Crippen LogP contribution in [0, 0.1) is 6.92 Å². The molecule has 0 unspecified atom stereocenters. The van der Waals surface area contributed by atoms with E-state index in [9.17, 15) is 14.7 Å². The Balaban J connectivity index is 1.01. The highest BCUT2D eigenvalue weighted by atomic mass is 16.3. The van der Waals surface area contributed by atoms with Crippen LogP contribution in [0.15, 0.2) is 103 Å². The molecule has 220 valence electrons. The molecule has 7 heteroatoms. The van der Waals surface area contributed by atoms with Crippen molar-refractivity contribution in [1.29, 1.82) is 0 Å². The van der Waals surface area contributed by atoms with Crippen molar-refractivity contribution in [3.8, 4) is 5.69 Å². The van der Waals surface area contributed by atoms with Gasteiger partial charge in [0, 0.05) is 70.5 Å². The molecular weight excluding hydrogens is 548 g/mol. The number of anilines is 2. The lowest BCUT2D eigenvalue weighted by atomic mass is 10.0. The molecule has 0 bridgehead atoms. The van der Waals surface area contributed by atoms with Crippen LogP contribution in [-0.4, -0.2) is 45.5 Å². The van der Waals surface area contributed by atoms with E-state index in [-0.39, 0.29) is 17.8 Å². The Hall–Kier alpha value is -5.14. The maximum atomic E-state index is 13.0. The van der Waals surface area contributed by atoms with Crippen LogP contribution in [0.5, 0.6) is 0 Å². The summed E-state index contributed by atoms with van der Waals surface area (Å²) in [6.07, 6.45) is 3.68. The van der Waals surface area contributed by atoms with E-state index < -0.39 is 0 Å². The molecule has 0 atom stereocenters. The summed E-state index contributed by atoms with van der Waals surface area (Å²) in [4.78, 5) is 31.6. The second kappa shape index (κ2) is 11.5. The van der Waals surface area contributed by atoms with Gasteiger partial charge in [0.15, 0.2) is 5.78 Å². The van der Waals surface area contributed by atoms with Crippen LogP contribution in [0.2, 0.25) is 0 Å². The molecule has 1 fully saturated rings. The number of hydrogen-bond donors (Lipinski definition) is 3. The molecule has 7 rings (SSSR count). The minimum atomic E-state index is -0.214. The van der Waals surface area contributed by atoms with Gasteiger partial charge in [-0.25, -0.2) is 0 Å². The first kappa shape index (κ1) is 27.7. The fraction of sp³-hybridized carbons (Fsp3) is 0.189. The number of carbonyl (C=O) groups excluding carboxylic acids is 2. The van der Waals surface area contributed by atoms with Crippen LogP contribution < -0.4 is 10.2 Å². The lowest BCUT2D eigenvalue weighted by Crippen LogP contribution is -2.35. The van der Waals surface area contributed by atoms with Gasteiger partial charge in [0.05, 0.1) is 11.6 Å². The van der Waals surface area contributed by atoms with Crippen molar-refractivity contribution < 1.29 is 14.7 Å². The number of fused-ring (bicyclic) bond motifs is 2. The molecule has 0 spiro atoms. The van der Waals surface area contributed by atoms with Gasteiger partial charge in [0.2, 0.25) is 0 Å². The minimum absolute atomic E-state index is 0.0851. The van der Waals surface area contributed by atoms with Gasteiger partial charge in [0.1, 0.15) is 0 Å². The summed E-state index contributed by atoms with van der Waals surface area (Å²) in [5, 5.41) is 14.9. The molecule has 44 heavy (non-hydrogen) atoms. The van der Waals surface area contributed by atoms with Crippen molar-refractivity contribution in [2.24, 2.45) is 0 Å². The number of aryl methyl sites for hydroxylation is 1. The lowest BCUT2D eigenvalue weighted by molar-refractivity contribution is 0.0991. The van der Waals surface area contributed by atoms with Crippen molar-refractivity contribution in [2.45, 2.75) is 32.3 Å². The van der Waals surface area contributed by atoms with Crippen LogP contribution in [0.1, 0.15) is 44.8 Å². The molecule has 0 aliphatic carbocycles. The summed E-state index contributed by atoms with van der Waals surface area (Å²) >= 11 is 0. The Bertz CT molecular complexity index is 1980. The zero-order valence-electron chi connectivity index (χ0n) is 24.6. The summed E-state index contributed by atoms with van der Waals surface area (Å²) < 4.78 is 2.08. The number of aliphatic hydroxyl groups excluding tert-OH is 1. The van der Waals surface area contributed by atoms with Gasteiger partial charge in [-0.15, -0.1) is 0 Å². The first-order valence-corrected chi connectivity index (χ1v) is 15.1. The van der Waals surface area contributed by atoms with Gasteiger partial charge < -0.3 is 24.9 Å². The molecule has 6 aromatic rings. The second-order valence-electron chi connectivity index (χ2n) is 11.7. The Labute approximate surface area is 255 Å². The summed E-state index contributed by atoms with van der Waals surface area (Å²) in [5.41, 5.74) is 8.23. The number of nitrogens with one attached hydrogen (secondary N) is 2. The van der Waals surface area contributed by atoms with E-state index in [4.69, 9.17) is 0 Å². The minimum Gasteiger partial charge on any atom is -0.393 e. The quantitative estimate of drug-likeness (QED) is 0.176. The van der Waals surface area contributed by atoms with E-state index in [1.54, 1.807) is 0 Å². The average Bonchev–Trinajstić information content (AvgIpc) is 3.63. The number of Topliss-reactive ketones (excluding diaryl/α,β-unsaturated/α-hetero) is 1. The number of carbonyl (C=O) groups is 2. The fourth-order valence-electron chi connectivity index (χ4n) is 6.13. The maximum Gasteiger partial charge on any atom is 0.255 e. The molecule has 3 heterocycles. The SMILES string of the molecule is Cc1cc2cc(CC(=O)c3ccc(-n4ccc5cc(NC(=O)c6ccc(N7CCC(O)CC7)cc6)ccc54)cc3)ccc2[nH]1. The molecule has 0 saturated carbocycles. The third-order valence-electron chi connectivity index (χ3n) is 8.56. The predicted octanol–water partition coefficient (Wildman–Crippen LogP) is 7.06. The molecule has 4 aromatic carbocycles. The number of H-pyrrole nitrogens is 1. The van der Waals surface area contributed by atoms with Crippen LogP contribution in [-0.2, 0) is 6.42 Å². The first-order valence-electron chi connectivity index (χ1n) is 15.1.